The molecule has 7 heteroatoms. The Morgan fingerprint density at radius 2 is 1.90 bits per heavy atom. The van der Waals surface area contributed by atoms with Crippen molar-refractivity contribution in [3.8, 4) is 17.0 Å². The van der Waals surface area contributed by atoms with Crippen LogP contribution in [0, 0.1) is 5.92 Å². The highest BCUT2D eigenvalue weighted by molar-refractivity contribution is 6.05. The van der Waals surface area contributed by atoms with Crippen LogP contribution in [0.3, 0.4) is 0 Å². The summed E-state index contributed by atoms with van der Waals surface area (Å²) in [5, 5.41) is 2.92. The summed E-state index contributed by atoms with van der Waals surface area (Å²) in [7, 11) is 0. The molecule has 4 rings (SSSR count). The summed E-state index contributed by atoms with van der Waals surface area (Å²) in [6, 6.07) is 18.2. The normalized spacial score (nSPS) is 14.1. The molecule has 0 bridgehead atoms. The average molecular weight is 403 g/mol. The van der Waals surface area contributed by atoms with Gasteiger partial charge in [-0.15, -0.1) is 0 Å². The molecule has 3 aromatic rings. The van der Waals surface area contributed by atoms with Gasteiger partial charge in [-0.05, 0) is 74.2 Å². The first kappa shape index (κ1) is 19.7. The molecule has 1 unspecified atom stereocenters. The van der Waals surface area contributed by atoms with Crippen molar-refractivity contribution in [1.82, 2.24) is 4.98 Å². The standard InChI is InChI=1S/C23H25N5O2/c1-14(15-5-6-15)30-19-9-7-18(8-10-19)26-23(29)17-4-2-3-16(13-17)21-12-11-20(24)22(27-21)28-25/h2-4,7-15H,5-6,24-25H2,1H3,(H,26,29)(H,27,28). The van der Waals surface area contributed by atoms with E-state index in [1.165, 1.54) is 12.8 Å². The number of pyridine rings is 1. The summed E-state index contributed by atoms with van der Waals surface area (Å²) in [5.74, 6) is 7.12. The summed E-state index contributed by atoms with van der Waals surface area (Å²) in [5.41, 5.74) is 11.4. The number of ether oxygens (including phenoxy) is 1. The predicted molar refractivity (Wildman–Crippen MR) is 119 cm³/mol. The number of hydrogen-bond donors (Lipinski definition) is 4. The van der Waals surface area contributed by atoms with Crippen LogP contribution >= 0.6 is 0 Å². The van der Waals surface area contributed by atoms with Crippen LogP contribution < -0.4 is 27.1 Å². The number of hydrogen-bond acceptors (Lipinski definition) is 6. The topological polar surface area (TPSA) is 115 Å². The van der Waals surface area contributed by atoms with Gasteiger partial charge in [0.2, 0.25) is 0 Å². The zero-order chi connectivity index (χ0) is 21.1. The molecule has 0 spiro atoms. The minimum Gasteiger partial charge on any atom is -0.490 e. The molecule has 1 heterocycles. The first-order valence-electron chi connectivity index (χ1n) is 9.95. The Bertz CT molecular complexity index is 1050. The minimum absolute atomic E-state index is 0.204. The third kappa shape index (κ3) is 4.52. The molecule has 2 aromatic carbocycles. The molecule has 0 aliphatic heterocycles. The zero-order valence-corrected chi connectivity index (χ0v) is 16.8. The van der Waals surface area contributed by atoms with Crippen molar-refractivity contribution < 1.29 is 9.53 Å². The molecule has 154 valence electrons. The van der Waals surface area contributed by atoms with Gasteiger partial charge in [0, 0.05) is 16.8 Å². The molecule has 0 saturated heterocycles. The smallest absolute Gasteiger partial charge is 0.255 e. The number of carbonyl (C=O) groups excluding carboxylic acids is 1. The highest BCUT2D eigenvalue weighted by Gasteiger charge is 2.29. The lowest BCUT2D eigenvalue weighted by molar-refractivity contribution is 0.102. The van der Waals surface area contributed by atoms with E-state index in [0.717, 1.165) is 11.3 Å². The van der Waals surface area contributed by atoms with Gasteiger partial charge in [-0.3, -0.25) is 4.79 Å². The summed E-state index contributed by atoms with van der Waals surface area (Å²) in [6.45, 7) is 2.10. The fourth-order valence-electron chi connectivity index (χ4n) is 3.26. The van der Waals surface area contributed by atoms with Crippen LogP contribution in [-0.4, -0.2) is 17.0 Å². The van der Waals surface area contributed by atoms with E-state index < -0.39 is 0 Å². The summed E-state index contributed by atoms with van der Waals surface area (Å²) in [6.07, 6.45) is 2.71. The zero-order valence-electron chi connectivity index (χ0n) is 16.8. The molecule has 0 radical (unpaired) electrons. The number of anilines is 3. The Morgan fingerprint density at radius 1 is 1.13 bits per heavy atom. The lowest BCUT2D eigenvalue weighted by atomic mass is 10.1. The number of carbonyl (C=O) groups is 1. The lowest BCUT2D eigenvalue weighted by Crippen LogP contribution is -2.14. The predicted octanol–water partition coefficient (Wildman–Crippen LogP) is 4.05. The second kappa shape index (κ2) is 8.42. The van der Waals surface area contributed by atoms with E-state index in [0.29, 0.717) is 34.4 Å². The number of nitrogens with one attached hydrogen (secondary N) is 2. The van der Waals surface area contributed by atoms with Gasteiger partial charge in [-0.2, -0.15) is 0 Å². The second-order valence-corrected chi connectivity index (χ2v) is 7.50. The molecule has 1 aliphatic carbocycles. The SMILES string of the molecule is CC(Oc1ccc(NC(=O)c2cccc(-c3ccc(N)c(NN)n3)c2)cc1)C1CC1. The Balaban J connectivity index is 1.45. The van der Waals surface area contributed by atoms with E-state index >= 15 is 0 Å². The summed E-state index contributed by atoms with van der Waals surface area (Å²) >= 11 is 0. The Morgan fingerprint density at radius 3 is 2.60 bits per heavy atom. The van der Waals surface area contributed by atoms with E-state index in [9.17, 15) is 4.79 Å². The third-order valence-corrected chi connectivity index (χ3v) is 5.20. The maximum Gasteiger partial charge on any atom is 0.255 e. The van der Waals surface area contributed by atoms with Crippen LogP contribution in [0.15, 0.2) is 60.7 Å². The summed E-state index contributed by atoms with van der Waals surface area (Å²) in [4.78, 5) is 17.1. The molecule has 6 N–H and O–H groups in total. The molecule has 1 aliphatic rings. The van der Waals surface area contributed by atoms with E-state index in [1.807, 2.05) is 36.4 Å². The second-order valence-electron chi connectivity index (χ2n) is 7.50. The van der Waals surface area contributed by atoms with Crippen molar-refractivity contribution in [3.63, 3.8) is 0 Å². The maximum atomic E-state index is 12.7. The molecule has 1 aromatic heterocycles. The van der Waals surface area contributed by atoms with Gasteiger partial charge in [0.1, 0.15) is 5.75 Å². The van der Waals surface area contributed by atoms with E-state index in [-0.39, 0.29) is 12.0 Å². The number of hydrazine groups is 1. The highest BCUT2D eigenvalue weighted by atomic mass is 16.5. The molecule has 1 atom stereocenters. The minimum atomic E-state index is -0.204. The molecule has 30 heavy (non-hydrogen) atoms. The number of nitrogen functional groups attached to an aromatic ring is 2. The first-order valence-corrected chi connectivity index (χ1v) is 9.95. The largest absolute Gasteiger partial charge is 0.490 e. The molecule has 1 saturated carbocycles. The van der Waals surface area contributed by atoms with Crippen molar-refractivity contribution in [2.24, 2.45) is 11.8 Å². The highest BCUT2D eigenvalue weighted by Crippen LogP contribution is 2.34. The van der Waals surface area contributed by atoms with Crippen molar-refractivity contribution in [2.45, 2.75) is 25.9 Å². The fraction of sp³-hybridized carbons (Fsp3) is 0.217. The number of nitrogens with two attached hydrogens (primary N) is 2. The number of nitrogens with zero attached hydrogens (tertiary/aromatic N) is 1. The average Bonchev–Trinajstić information content (AvgIpc) is 3.61. The van der Waals surface area contributed by atoms with Crippen LogP contribution in [0.5, 0.6) is 5.75 Å². The Labute approximate surface area is 175 Å². The van der Waals surface area contributed by atoms with E-state index in [2.05, 4.69) is 22.7 Å². The van der Waals surface area contributed by atoms with E-state index in [1.54, 1.807) is 24.3 Å². The van der Waals surface area contributed by atoms with Crippen LogP contribution in [0.25, 0.3) is 11.3 Å². The van der Waals surface area contributed by atoms with Gasteiger partial charge >= 0.3 is 0 Å². The third-order valence-electron chi connectivity index (χ3n) is 5.20. The van der Waals surface area contributed by atoms with Crippen molar-refractivity contribution >= 4 is 23.1 Å². The van der Waals surface area contributed by atoms with Gasteiger partial charge < -0.3 is 21.2 Å². The molecule has 1 fully saturated rings. The number of amides is 1. The number of aromatic nitrogens is 1. The van der Waals surface area contributed by atoms with Crippen LogP contribution in [0.1, 0.15) is 30.1 Å². The molecule has 7 nitrogen and oxygen atoms in total. The Kier molecular flexibility index (Phi) is 5.54. The monoisotopic (exact) mass is 403 g/mol. The first-order chi connectivity index (χ1) is 14.5. The number of rotatable bonds is 7. The van der Waals surface area contributed by atoms with Crippen molar-refractivity contribution in [2.75, 3.05) is 16.5 Å². The quantitative estimate of drug-likeness (QED) is 0.349. The van der Waals surface area contributed by atoms with Crippen molar-refractivity contribution in [3.05, 3.63) is 66.2 Å². The molecular formula is C23H25N5O2. The van der Waals surface area contributed by atoms with Gasteiger partial charge in [0.05, 0.1) is 17.5 Å². The van der Waals surface area contributed by atoms with Crippen molar-refractivity contribution in [1.29, 1.82) is 0 Å². The van der Waals surface area contributed by atoms with Crippen LogP contribution in [0.4, 0.5) is 17.2 Å². The van der Waals surface area contributed by atoms with Gasteiger partial charge in [0.25, 0.3) is 5.91 Å². The van der Waals surface area contributed by atoms with Crippen LogP contribution in [0.2, 0.25) is 0 Å². The fourth-order valence-corrected chi connectivity index (χ4v) is 3.26. The van der Waals surface area contributed by atoms with Crippen LogP contribution in [-0.2, 0) is 0 Å². The molecule has 1 amide bonds. The summed E-state index contributed by atoms with van der Waals surface area (Å²) < 4.78 is 5.93. The van der Waals surface area contributed by atoms with Gasteiger partial charge in [-0.1, -0.05) is 12.1 Å². The lowest BCUT2D eigenvalue weighted by Gasteiger charge is -2.14. The van der Waals surface area contributed by atoms with Gasteiger partial charge in [0.15, 0.2) is 5.82 Å². The molecular weight excluding hydrogens is 378 g/mol. The number of benzene rings is 2. The maximum absolute atomic E-state index is 12.7. The Hall–Kier alpha value is -3.58. The van der Waals surface area contributed by atoms with Gasteiger partial charge in [-0.25, -0.2) is 10.8 Å². The van der Waals surface area contributed by atoms with E-state index in [4.69, 9.17) is 16.3 Å².